The van der Waals surface area contributed by atoms with Crippen molar-refractivity contribution in [3.8, 4) is 0 Å². The average Bonchev–Trinajstić information content (AvgIpc) is 2.39. The Bertz CT molecular complexity index is 435. The minimum Gasteiger partial charge on any atom is -0.478 e. The number of carboxylic acid groups (broad SMARTS) is 1. The van der Waals surface area contributed by atoms with E-state index in [1.54, 1.807) is 19.1 Å². The van der Waals surface area contributed by atoms with Crippen molar-refractivity contribution in [2.24, 2.45) is 0 Å². The molecule has 1 atom stereocenters. The van der Waals surface area contributed by atoms with Crippen LogP contribution in [0.3, 0.4) is 0 Å². The Morgan fingerprint density at radius 3 is 2.42 bits per heavy atom. The van der Waals surface area contributed by atoms with Gasteiger partial charge in [-0.1, -0.05) is 12.1 Å². The molecular formula is C14H19NO4. The van der Waals surface area contributed by atoms with Gasteiger partial charge in [-0.05, 0) is 24.6 Å². The maximum atomic E-state index is 10.8. The summed E-state index contributed by atoms with van der Waals surface area (Å²) in [6, 6.07) is 6.38. The molecule has 0 bridgehead atoms. The number of carboxylic acids is 1. The molecule has 0 saturated carbocycles. The molecular weight excluding hydrogens is 246 g/mol. The van der Waals surface area contributed by atoms with Gasteiger partial charge in [-0.15, -0.1) is 0 Å². The van der Waals surface area contributed by atoms with Crippen LogP contribution in [-0.2, 0) is 10.3 Å². The fraction of sp³-hybridized carbons (Fsp3) is 0.500. The maximum absolute atomic E-state index is 10.8. The predicted octanol–water partition coefficient (Wildman–Crippen LogP) is 0.924. The van der Waals surface area contributed by atoms with Crippen molar-refractivity contribution in [1.82, 2.24) is 4.90 Å². The molecule has 2 rings (SSSR count). The van der Waals surface area contributed by atoms with E-state index >= 15 is 0 Å². The molecule has 0 aliphatic carbocycles. The fourth-order valence-corrected chi connectivity index (χ4v) is 2.26. The largest absolute Gasteiger partial charge is 0.478 e. The third-order valence-electron chi connectivity index (χ3n) is 3.39. The average molecular weight is 265 g/mol. The molecule has 0 spiro atoms. The Morgan fingerprint density at radius 2 is 1.89 bits per heavy atom. The van der Waals surface area contributed by atoms with Crippen LogP contribution in [0.15, 0.2) is 24.3 Å². The van der Waals surface area contributed by atoms with Crippen LogP contribution in [0.5, 0.6) is 0 Å². The number of benzene rings is 1. The molecule has 1 aliphatic rings. The quantitative estimate of drug-likeness (QED) is 0.847. The zero-order chi connectivity index (χ0) is 13.9. The second-order valence-electron chi connectivity index (χ2n) is 5.04. The normalized spacial score (nSPS) is 19.9. The van der Waals surface area contributed by atoms with Gasteiger partial charge in [-0.3, -0.25) is 4.90 Å². The van der Waals surface area contributed by atoms with Gasteiger partial charge in [0.05, 0.1) is 24.4 Å². The summed E-state index contributed by atoms with van der Waals surface area (Å²) in [6.45, 7) is 5.26. The number of morpholine rings is 1. The first-order chi connectivity index (χ1) is 8.99. The summed E-state index contributed by atoms with van der Waals surface area (Å²) >= 11 is 0. The van der Waals surface area contributed by atoms with Crippen molar-refractivity contribution in [1.29, 1.82) is 0 Å². The van der Waals surface area contributed by atoms with Gasteiger partial charge in [0.2, 0.25) is 0 Å². The topological polar surface area (TPSA) is 70.0 Å². The van der Waals surface area contributed by atoms with Crippen LogP contribution < -0.4 is 0 Å². The Labute approximate surface area is 112 Å². The summed E-state index contributed by atoms with van der Waals surface area (Å²) < 4.78 is 5.27. The molecule has 5 heteroatoms. The monoisotopic (exact) mass is 265 g/mol. The van der Waals surface area contributed by atoms with Crippen molar-refractivity contribution in [2.75, 3.05) is 32.8 Å². The number of aliphatic hydroxyl groups is 1. The molecule has 1 saturated heterocycles. The summed E-state index contributed by atoms with van der Waals surface area (Å²) in [5.74, 6) is -0.959. The lowest BCUT2D eigenvalue weighted by molar-refractivity contribution is -0.0254. The highest BCUT2D eigenvalue weighted by atomic mass is 16.5. The van der Waals surface area contributed by atoms with Gasteiger partial charge in [0.25, 0.3) is 0 Å². The highest BCUT2D eigenvalue weighted by Crippen LogP contribution is 2.22. The Kier molecular flexibility index (Phi) is 4.19. The number of β-amino-alcohol motifs (C(OH)–C–C–N with tert-alkyl or cyclic N) is 1. The third-order valence-corrected chi connectivity index (χ3v) is 3.39. The fourth-order valence-electron chi connectivity index (χ4n) is 2.26. The molecule has 0 aromatic heterocycles. The van der Waals surface area contributed by atoms with Gasteiger partial charge < -0.3 is 14.9 Å². The van der Waals surface area contributed by atoms with E-state index in [2.05, 4.69) is 4.90 Å². The van der Waals surface area contributed by atoms with Gasteiger partial charge in [0.15, 0.2) is 0 Å². The minimum atomic E-state index is -0.992. The van der Waals surface area contributed by atoms with Crippen LogP contribution in [0, 0.1) is 0 Å². The summed E-state index contributed by atoms with van der Waals surface area (Å²) in [5, 5.41) is 19.4. The zero-order valence-electron chi connectivity index (χ0n) is 11.0. The zero-order valence-corrected chi connectivity index (χ0v) is 11.0. The Morgan fingerprint density at radius 1 is 1.32 bits per heavy atom. The molecule has 0 amide bonds. The van der Waals surface area contributed by atoms with E-state index in [4.69, 9.17) is 9.84 Å². The third kappa shape index (κ3) is 3.53. The molecule has 1 aliphatic heterocycles. The molecule has 1 aromatic rings. The lowest BCUT2D eigenvalue weighted by Gasteiger charge is -2.34. The molecule has 1 heterocycles. The number of ether oxygens (including phenoxy) is 1. The minimum absolute atomic E-state index is 0.228. The van der Waals surface area contributed by atoms with Gasteiger partial charge in [-0.2, -0.15) is 0 Å². The SMILES string of the molecule is CC(O)(CN1CCOCC1)c1ccc(C(=O)O)cc1. The second kappa shape index (κ2) is 5.69. The van der Waals surface area contributed by atoms with Gasteiger partial charge >= 0.3 is 5.97 Å². The molecule has 1 fully saturated rings. The Hall–Kier alpha value is -1.43. The molecule has 1 aromatic carbocycles. The molecule has 104 valence electrons. The first kappa shape index (κ1) is 14.0. The number of carbonyl (C=O) groups is 1. The van der Waals surface area contributed by atoms with Gasteiger partial charge in [-0.25, -0.2) is 4.79 Å². The molecule has 2 N–H and O–H groups in total. The molecule has 5 nitrogen and oxygen atoms in total. The van der Waals surface area contributed by atoms with E-state index in [0.29, 0.717) is 19.8 Å². The summed E-state index contributed by atoms with van der Waals surface area (Å²) in [6.07, 6.45) is 0. The van der Waals surface area contributed by atoms with E-state index in [0.717, 1.165) is 18.7 Å². The molecule has 1 unspecified atom stereocenters. The van der Waals surface area contributed by atoms with Crippen molar-refractivity contribution in [2.45, 2.75) is 12.5 Å². The van der Waals surface area contributed by atoms with Crippen LogP contribution >= 0.6 is 0 Å². The van der Waals surface area contributed by atoms with E-state index in [1.807, 2.05) is 0 Å². The first-order valence-corrected chi connectivity index (χ1v) is 6.35. The van der Waals surface area contributed by atoms with E-state index in [1.165, 1.54) is 12.1 Å². The Balaban J connectivity index is 2.07. The maximum Gasteiger partial charge on any atom is 0.335 e. The number of hydrogen-bond acceptors (Lipinski definition) is 4. The standard InChI is InChI=1S/C14H19NO4/c1-14(18,10-15-6-8-19-9-7-15)12-4-2-11(3-5-12)13(16)17/h2-5,18H,6-10H2,1H3,(H,16,17). The number of rotatable bonds is 4. The van der Waals surface area contributed by atoms with Crippen molar-refractivity contribution in [3.05, 3.63) is 35.4 Å². The second-order valence-corrected chi connectivity index (χ2v) is 5.04. The van der Waals surface area contributed by atoms with E-state index < -0.39 is 11.6 Å². The van der Waals surface area contributed by atoms with E-state index in [9.17, 15) is 9.90 Å². The van der Waals surface area contributed by atoms with Crippen molar-refractivity contribution in [3.63, 3.8) is 0 Å². The highest BCUT2D eigenvalue weighted by molar-refractivity contribution is 5.87. The first-order valence-electron chi connectivity index (χ1n) is 6.35. The lowest BCUT2D eigenvalue weighted by Crippen LogP contribution is -2.44. The summed E-state index contributed by atoms with van der Waals surface area (Å²) in [4.78, 5) is 12.9. The van der Waals surface area contributed by atoms with Gasteiger partial charge in [0.1, 0.15) is 0 Å². The predicted molar refractivity (Wildman–Crippen MR) is 70.2 cm³/mol. The number of nitrogens with zero attached hydrogens (tertiary/aromatic N) is 1. The number of aromatic carboxylic acids is 1. The van der Waals surface area contributed by atoms with Crippen LogP contribution in [0.4, 0.5) is 0 Å². The molecule has 0 radical (unpaired) electrons. The summed E-state index contributed by atoms with van der Waals surface area (Å²) in [7, 11) is 0. The van der Waals surface area contributed by atoms with Crippen LogP contribution in [0.1, 0.15) is 22.8 Å². The highest BCUT2D eigenvalue weighted by Gasteiger charge is 2.27. The van der Waals surface area contributed by atoms with Crippen molar-refractivity contribution < 1.29 is 19.7 Å². The smallest absolute Gasteiger partial charge is 0.335 e. The van der Waals surface area contributed by atoms with Crippen LogP contribution in [0.2, 0.25) is 0 Å². The van der Waals surface area contributed by atoms with Crippen LogP contribution in [-0.4, -0.2) is 53.9 Å². The van der Waals surface area contributed by atoms with Crippen molar-refractivity contribution >= 4 is 5.97 Å². The van der Waals surface area contributed by atoms with Gasteiger partial charge in [0, 0.05) is 19.6 Å². The van der Waals surface area contributed by atoms with Crippen LogP contribution in [0.25, 0.3) is 0 Å². The molecule has 19 heavy (non-hydrogen) atoms. The summed E-state index contributed by atoms with van der Waals surface area (Å²) in [5.41, 5.74) is -0.0381. The number of hydrogen-bond donors (Lipinski definition) is 2. The van der Waals surface area contributed by atoms with E-state index in [-0.39, 0.29) is 5.56 Å². The lowest BCUT2D eigenvalue weighted by atomic mass is 9.94.